The van der Waals surface area contributed by atoms with Crippen LogP contribution in [0.15, 0.2) is 10.5 Å². The Morgan fingerprint density at radius 1 is 0.933 bits per heavy atom. The van der Waals surface area contributed by atoms with Gasteiger partial charge in [0.25, 0.3) is 0 Å². The second kappa shape index (κ2) is 11.3. The molecule has 0 spiro atoms. The van der Waals surface area contributed by atoms with Crippen molar-refractivity contribution in [2.24, 2.45) is 0 Å². The van der Waals surface area contributed by atoms with Gasteiger partial charge in [-0.05, 0) is 26.3 Å². The fourth-order valence-corrected chi connectivity index (χ4v) is 3.90. The molecule has 2 aromatic heterocycles. The standard InChI is InChI=1S/C16H22N6O.C7H16/c1-21-6-8-22(9-7-21)14-10-12(19-16(17)20-14)15-18-11-4-2-3-5-13(11)23-15;1-3-5-7-6-4-2/h10H,2-9H2,1H3,(H2,17,19,20);3-7H2,1-2H3. The van der Waals surface area contributed by atoms with E-state index in [0.29, 0.717) is 11.6 Å². The lowest BCUT2D eigenvalue weighted by Gasteiger charge is -2.33. The van der Waals surface area contributed by atoms with Gasteiger partial charge in [-0.2, -0.15) is 4.98 Å². The first-order valence-electron chi connectivity index (χ1n) is 11.7. The van der Waals surface area contributed by atoms with Crippen molar-refractivity contribution in [3.63, 3.8) is 0 Å². The lowest BCUT2D eigenvalue weighted by Crippen LogP contribution is -2.44. The van der Waals surface area contributed by atoms with Crippen LogP contribution in [0.5, 0.6) is 0 Å². The molecule has 0 amide bonds. The molecule has 166 valence electrons. The van der Waals surface area contributed by atoms with Crippen LogP contribution in [0.4, 0.5) is 11.8 Å². The number of aryl methyl sites for hydroxylation is 2. The van der Waals surface area contributed by atoms with Crippen molar-refractivity contribution in [2.75, 3.05) is 43.9 Å². The van der Waals surface area contributed by atoms with E-state index in [0.717, 1.165) is 56.3 Å². The second-order valence-electron chi connectivity index (χ2n) is 8.42. The largest absolute Gasteiger partial charge is 0.440 e. The molecule has 1 saturated heterocycles. The summed E-state index contributed by atoms with van der Waals surface area (Å²) in [6, 6.07) is 1.94. The van der Waals surface area contributed by atoms with Crippen LogP contribution in [0.2, 0.25) is 0 Å². The smallest absolute Gasteiger partial charge is 0.245 e. The number of nitrogens with zero attached hydrogens (tertiary/aromatic N) is 5. The molecular formula is C23H38N6O. The van der Waals surface area contributed by atoms with Crippen molar-refractivity contribution in [2.45, 2.75) is 71.6 Å². The molecule has 2 N–H and O–H groups in total. The van der Waals surface area contributed by atoms with E-state index in [2.05, 4.69) is 45.6 Å². The van der Waals surface area contributed by atoms with Crippen LogP contribution in [0.1, 0.15) is 70.2 Å². The summed E-state index contributed by atoms with van der Waals surface area (Å²) >= 11 is 0. The van der Waals surface area contributed by atoms with E-state index in [9.17, 15) is 0 Å². The Hall–Kier alpha value is -2.15. The van der Waals surface area contributed by atoms with Crippen LogP contribution in [0.3, 0.4) is 0 Å². The van der Waals surface area contributed by atoms with E-state index in [-0.39, 0.29) is 5.95 Å². The van der Waals surface area contributed by atoms with Gasteiger partial charge in [0.1, 0.15) is 17.3 Å². The van der Waals surface area contributed by atoms with E-state index in [1.165, 1.54) is 44.9 Å². The number of hydrogen-bond acceptors (Lipinski definition) is 7. The fraction of sp³-hybridized carbons (Fsp3) is 0.696. The fourth-order valence-electron chi connectivity index (χ4n) is 3.90. The number of aromatic nitrogens is 3. The lowest BCUT2D eigenvalue weighted by atomic mass is 10.0. The Bertz CT molecular complexity index is 754. The molecule has 1 aliphatic carbocycles. The van der Waals surface area contributed by atoms with Gasteiger partial charge in [0.2, 0.25) is 11.8 Å². The lowest BCUT2D eigenvalue weighted by molar-refractivity contribution is 0.312. The predicted octanol–water partition coefficient (Wildman–Crippen LogP) is 4.32. The monoisotopic (exact) mass is 414 g/mol. The average Bonchev–Trinajstić information content (AvgIpc) is 3.19. The molecular weight excluding hydrogens is 376 g/mol. The van der Waals surface area contributed by atoms with Gasteiger partial charge in [0.05, 0.1) is 5.69 Å². The maximum atomic E-state index is 5.92. The number of piperazine rings is 1. The first-order chi connectivity index (χ1) is 14.6. The average molecular weight is 415 g/mol. The van der Waals surface area contributed by atoms with Crippen molar-refractivity contribution in [1.29, 1.82) is 0 Å². The van der Waals surface area contributed by atoms with Gasteiger partial charge in [-0.1, -0.05) is 46.0 Å². The summed E-state index contributed by atoms with van der Waals surface area (Å²) in [5, 5.41) is 0. The summed E-state index contributed by atoms with van der Waals surface area (Å²) in [4.78, 5) is 17.9. The molecule has 30 heavy (non-hydrogen) atoms. The molecule has 1 aliphatic heterocycles. The minimum atomic E-state index is 0.271. The van der Waals surface area contributed by atoms with Gasteiger partial charge in [0, 0.05) is 38.7 Å². The summed E-state index contributed by atoms with van der Waals surface area (Å²) in [5.74, 6) is 2.70. The van der Waals surface area contributed by atoms with Crippen molar-refractivity contribution in [3.05, 3.63) is 17.5 Å². The van der Waals surface area contributed by atoms with Crippen LogP contribution in [-0.2, 0) is 12.8 Å². The molecule has 2 aromatic rings. The maximum absolute atomic E-state index is 5.92. The normalized spacial score (nSPS) is 16.7. The third-order valence-corrected chi connectivity index (χ3v) is 5.83. The van der Waals surface area contributed by atoms with Crippen LogP contribution in [0, 0.1) is 0 Å². The summed E-state index contributed by atoms with van der Waals surface area (Å²) < 4.78 is 5.92. The molecule has 0 radical (unpaired) electrons. The maximum Gasteiger partial charge on any atom is 0.245 e. The molecule has 0 saturated carbocycles. The third kappa shape index (κ3) is 6.17. The molecule has 0 atom stereocenters. The van der Waals surface area contributed by atoms with Crippen LogP contribution in [0.25, 0.3) is 11.6 Å². The molecule has 0 unspecified atom stereocenters. The molecule has 0 aromatic carbocycles. The molecule has 2 aliphatic rings. The van der Waals surface area contributed by atoms with Gasteiger partial charge in [-0.15, -0.1) is 0 Å². The highest BCUT2D eigenvalue weighted by molar-refractivity contribution is 5.58. The highest BCUT2D eigenvalue weighted by Crippen LogP contribution is 2.28. The van der Waals surface area contributed by atoms with Crippen molar-refractivity contribution < 1.29 is 4.42 Å². The van der Waals surface area contributed by atoms with Crippen LogP contribution in [-0.4, -0.2) is 53.1 Å². The summed E-state index contributed by atoms with van der Waals surface area (Å²) in [5.41, 5.74) is 7.68. The highest BCUT2D eigenvalue weighted by atomic mass is 16.4. The summed E-state index contributed by atoms with van der Waals surface area (Å²) in [6.07, 6.45) is 11.3. The molecule has 7 nitrogen and oxygen atoms in total. The molecule has 7 heteroatoms. The highest BCUT2D eigenvalue weighted by Gasteiger charge is 2.21. The number of anilines is 2. The second-order valence-corrected chi connectivity index (χ2v) is 8.42. The van der Waals surface area contributed by atoms with Crippen molar-refractivity contribution >= 4 is 11.8 Å². The van der Waals surface area contributed by atoms with E-state index in [4.69, 9.17) is 10.2 Å². The zero-order chi connectivity index (χ0) is 21.3. The zero-order valence-corrected chi connectivity index (χ0v) is 19.0. The Morgan fingerprint density at radius 3 is 2.30 bits per heavy atom. The molecule has 3 heterocycles. The van der Waals surface area contributed by atoms with Gasteiger partial charge >= 0.3 is 0 Å². The van der Waals surface area contributed by atoms with Gasteiger partial charge in [0.15, 0.2) is 0 Å². The minimum absolute atomic E-state index is 0.271. The number of rotatable bonds is 6. The van der Waals surface area contributed by atoms with Crippen LogP contribution >= 0.6 is 0 Å². The number of hydrogen-bond donors (Lipinski definition) is 1. The minimum Gasteiger partial charge on any atom is -0.440 e. The number of nitrogen functional groups attached to an aromatic ring is 1. The number of fused-ring (bicyclic) bond motifs is 1. The molecule has 4 rings (SSSR count). The topological polar surface area (TPSA) is 84.3 Å². The Morgan fingerprint density at radius 2 is 1.63 bits per heavy atom. The van der Waals surface area contributed by atoms with Crippen molar-refractivity contribution in [1.82, 2.24) is 19.9 Å². The quantitative estimate of drug-likeness (QED) is 0.705. The van der Waals surface area contributed by atoms with E-state index < -0.39 is 0 Å². The Labute approximate surface area is 181 Å². The summed E-state index contributed by atoms with van der Waals surface area (Å²) in [7, 11) is 2.13. The first-order valence-corrected chi connectivity index (χ1v) is 11.7. The number of likely N-dealkylation sites (N-methyl/N-ethyl adjacent to an activating group) is 1. The number of nitrogens with two attached hydrogens (primary N) is 1. The van der Waals surface area contributed by atoms with E-state index in [1.54, 1.807) is 0 Å². The van der Waals surface area contributed by atoms with E-state index >= 15 is 0 Å². The SMILES string of the molecule is CCCCCCC.CN1CCN(c2cc(-c3nc4c(o3)CCCC4)nc(N)n2)CC1. The van der Waals surface area contributed by atoms with Crippen LogP contribution < -0.4 is 10.6 Å². The number of oxazole rings is 1. The van der Waals surface area contributed by atoms with Gasteiger partial charge in [-0.25, -0.2) is 9.97 Å². The predicted molar refractivity (Wildman–Crippen MR) is 123 cm³/mol. The van der Waals surface area contributed by atoms with E-state index in [1.807, 2.05) is 6.07 Å². The first kappa shape index (κ1) is 22.5. The summed E-state index contributed by atoms with van der Waals surface area (Å²) in [6.45, 7) is 8.41. The van der Waals surface area contributed by atoms with Gasteiger partial charge < -0.3 is 20.0 Å². The Balaban J connectivity index is 0.000000318. The Kier molecular flexibility index (Phi) is 8.49. The molecule has 0 bridgehead atoms. The van der Waals surface area contributed by atoms with Gasteiger partial charge in [-0.3, -0.25) is 0 Å². The molecule has 1 fully saturated rings. The number of unbranched alkanes of at least 4 members (excludes halogenated alkanes) is 4. The third-order valence-electron chi connectivity index (χ3n) is 5.83. The van der Waals surface area contributed by atoms with Crippen molar-refractivity contribution in [3.8, 4) is 11.6 Å². The zero-order valence-electron chi connectivity index (χ0n) is 19.0.